The zero-order chi connectivity index (χ0) is 21.5. The van der Waals surface area contributed by atoms with Crippen LogP contribution in [0.4, 0.5) is 0 Å². The lowest BCUT2D eigenvalue weighted by atomic mass is 9.87. The van der Waals surface area contributed by atoms with E-state index in [1.165, 1.54) is 6.92 Å². The first-order valence-corrected chi connectivity index (χ1v) is 7.16. The second kappa shape index (κ2) is 9.75. The van der Waals surface area contributed by atoms with Gasteiger partial charge in [-0.05, 0) is 0 Å². The highest BCUT2D eigenvalue weighted by atomic mass is 32.2. The highest BCUT2D eigenvalue weighted by Gasteiger charge is 2.32. The molecule has 0 aromatic heterocycles. The van der Waals surface area contributed by atoms with Crippen LogP contribution in [0.15, 0.2) is 0 Å². The van der Waals surface area contributed by atoms with E-state index in [4.69, 9.17) is 8.22 Å². The molecule has 0 spiro atoms. The maximum absolute atomic E-state index is 12.0. The Morgan fingerprint density at radius 3 is 2.48 bits per heavy atom. The third-order valence-electron chi connectivity index (χ3n) is 2.35. The summed E-state index contributed by atoms with van der Waals surface area (Å²) in [6.45, 7) is -6.84. The van der Waals surface area contributed by atoms with Crippen molar-refractivity contribution in [3.63, 3.8) is 0 Å². The van der Waals surface area contributed by atoms with Gasteiger partial charge in [-0.15, -0.1) is 0 Å². The molecule has 0 saturated heterocycles. The van der Waals surface area contributed by atoms with E-state index in [-0.39, 0.29) is 24.6 Å². The molecular formula is C13H24N2O5S. The quantitative estimate of drug-likeness (QED) is 0.415. The molecule has 0 aliphatic heterocycles. The molecule has 0 aromatic rings. The minimum absolute atomic E-state index is 0.0959. The third-order valence-corrected chi connectivity index (χ3v) is 3.16. The molecule has 0 fully saturated rings. The SMILES string of the molecule is [2H]C([2H])([2H])C(CO)(C(O)C(=O)NCCC(=O)NCCSC(C)=O)C([2H])([2H])[2H]. The van der Waals surface area contributed by atoms with Crippen molar-refractivity contribution in [3.05, 3.63) is 0 Å². The standard InChI is InChI=1S/C13H24N2O5S/c1-9(17)21-7-6-14-10(18)4-5-15-12(20)11(19)13(2,3)8-16/h11,16,19H,4-8H2,1-3H3,(H,14,18)(H,15,20)/i2D3,3D3. The molecule has 0 radical (unpaired) electrons. The van der Waals surface area contributed by atoms with Gasteiger partial charge >= 0.3 is 0 Å². The molecule has 21 heavy (non-hydrogen) atoms. The lowest BCUT2D eigenvalue weighted by molar-refractivity contribution is -0.137. The van der Waals surface area contributed by atoms with Crippen LogP contribution in [0.1, 0.15) is 35.3 Å². The average Bonchev–Trinajstić information content (AvgIpc) is 2.49. The van der Waals surface area contributed by atoms with Gasteiger partial charge < -0.3 is 20.8 Å². The minimum Gasteiger partial charge on any atom is -0.396 e. The van der Waals surface area contributed by atoms with Crippen molar-refractivity contribution in [1.82, 2.24) is 10.6 Å². The molecular weight excluding hydrogens is 296 g/mol. The smallest absolute Gasteiger partial charge is 0.249 e. The van der Waals surface area contributed by atoms with E-state index in [2.05, 4.69) is 10.6 Å². The fourth-order valence-corrected chi connectivity index (χ4v) is 1.67. The molecule has 0 aromatic carbocycles. The molecule has 0 aliphatic carbocycles. The predicted octanol–water partition coefficient (Wildman–Crippen LogP) is -0.732. The summed E-state index contributed by atoms with van der Waals surface area (Å²) >= 11 is 1.03. The number of carbonyl (C=O) groups is 3. The zero-order valence-corrected chi connectivity index (χ0v) is 12.5. The summed E-state index contributed by atoms with van der Waals surface area (Å²) in [6.07, 6.45) is -2.76. The summed E-state index contributed by atoms with van der Waals surface area (Å²) in [5, 5.41) is 23.9. The van der Waals surface area contributed by atoms with E-state index in [0.29, 0.717) is 5.75 Å². The molecule has 0 saturated carbocycles. The van der Waals surface area contributed by atoms with Crippen LogP contribution < -0.4 is 10.6 Å². The van der Waals surface area contributed by atoms with Gasteiger partial charge in [0.25, 0.3) is 0 Å². The second-order valence-electron chi connectivity index (χ2n) is 4.26. The van der Waals surface area contributed by atoms with Gasteiger partial charge in [0.1, 0.15) is 6.10 Å². The summed E-state index contributed by atoms with van der Waals surface area (Å²) in [5.41, 5.74) is -3.06. The lowest BCUT2D eigenvalue weighted by Gasteiger charge is -2.27. The minimum atomic E-state index is -3.35. The Kier molecular flexibility index (Phi) is 5.32. The summed E-state index contributed by atoms with van der Waals surface area (Å²) in [4.78, 5) is 34.3. The number of aliphatic hydroxyl groups excluding tert-OH is 2. The van der Waals surface area contributed by atoms with Crippen molar-refractivity contribution < 1.29 is 32.8 Å². The fraction of sp³-hybridized carbons (Fsp3) is 0.769. The van der Waals surface area contributed by atoms with Gasteiger partial charge in [-0.3, -0.25) is 14.4 Å². The summed E-state index contributed by atoms with van der Waals surface area (Å²) in [7, 11) is 0. The van der Waals surface area contributed by atoms with Crippen molar-refractivity contribution in [2.45, 2.75) is 33.2 Å². The number of rotatable bonds is 9. The Hall–Kier alpha value is -1.12. The number of hydrogen-bond donors (Lipinski definition) is 4. The Morgan fingerprint density at radius 1 is 1.29 bits per heavy atom. The van der Waals surface area contributed by atoms with Crippen molar-refractivity contribution in [1.29, 1.82) is 0 Å². The van der Waals surface area contributed by atoms with Gasteiger partial charge in [-0.25, -0.2) is 0 Å². The summed E-state index contributed by atoms with van der Waals surface area (Å²) < 4.78 is 44.2. The van der Waals surface area contributed by atoms with Gasteiger partial charge in [-0.2, -0.15) is 0 Å². The van der Waals surface area contributed by atoms with Crippen LogP contribution in [0.2, 0.25) is 0 Å². The summed E-state index contributed by atoms with van der Waals surface area (Å²) in [6, 6.07) is 0. The molecule has 1 atom stereocenters. The number of carbonyl (C=O) groups excluding carboxylic acids is 3. The summed E-state index contributed by atoms with van der Waals surface area (Å²) in [5.74, 6) is -1.41. The highest BCUT2D eigenvalue weighted by Crippen LogP contribution is 2.19. The van der Waals surface area contributed by atoms with Crippen LogP contribution >= 0.6 is 11.8 Å². The normalized spacial score (nSPS) is 18.0. The number of aliphatic hydroxyl groups is 2. The molecule has 1 unspecified atom stereocenters. The van der Waals surface area contributed by atoms with E-state index in [1.807, 2.05) is 0 Å². The van der Waals surface area contributed by atoms with Crippen LogP contribution in [-0.2, 0) is 14.4 Å². The van der Waals surface area contributed by atoms with Crippen LogP contribution in [0.3, 0.4) is 0 Å². The van der Waals surface area contributed by atoms with Gasteiger partial charge in [0, 0.05) is 45.8 Å². The van der Waals surface area contributed by atoms with Crippen LogP contribution in [0.25, 0.3) is 0 Å². The maximum atomic E-state index is 12.0. The molecule has 2 amide bonds. The Labute approximate surface area is 137 Å². The number of nitrogens with one attached hydrogen (secondary N) is 2. The van der Waals surface area contributed by atoms with E-state index < -0.39 is 43.6 Å². The molecule has 122 valence electrons. The molecule has 0 heterocycles. The Morgan fingerprint density at radius 2 is 1.95 bits per heavy atom. The second-order valence-corrected chi connectivity index (χ2v) is 5.53. The zero-order valence-electron chi connectivity index (χ0n) is 17.6. The van der Waals surface area contributed by atoms with Gasteiger partial charge in [0.05, 0.1) is 6.61 Å². The fourth-order valence-electron chi connectivity index (χ4n) is 1.18. The highest BCUT2D eigenvalue weighted by molar-refractivity contribution is 8.13. The van der Waals surface area contributed by atoms with Crippen molar-refractivity contribution in [3.8, 4) is 0 Å². The number of hydrogen-bond acceptors (Lipinski definition) is 6. The lowest BCUT2D eigenvalue weighted by Crippen LogP contribution is -2.46. The average molecular weight is 326 g/mol. The Bertz CT molecular complexity index is 526. The van der Waals surface area contributed by atoms with Crippen molar-refractivity contribution in [2.24, 2.45) is 5.41 Å². The molecule has 7 nitrogen and oxygen atoms in total. The monoisotopic (exact) mass is 326 g/mol. The van der Waals surface area contributed by atoms with E-state index in [0.717, 1.165) is 11.8 Å². The first-order valence-electron chi connectivity index (χ1n) is 9.17. The first kappa shape index (κ1) is 11.4. The molecule has 0 bridgehead atoms. The molecule has 0 rings (SSSR count). The maximum Gasteiger partial charge on any atom is 0.249 e. The van der Waals surface area contributed by atoms with Crippen LogP contribution in [0, 0.1) is 5.41 Å². The van der Waals surface area contributed by atoms with Crippen LogP contribution in [-0.4, -0.2) is 58.7 Å². The third kappa shape index (κ3) is 8.69. The molecule has 0 aliphatic rings. The number of amides is 2. The molecule has 4 N–H and O–H groups in total. The van der Waals surface area contributed by atoms with E-state index in [9.17, 15) is 24.6 Å². The van der Waals surface area contributed by atoms with Gasteiger partial charge in [0.2, 0.25) is 11.8 Å². The van der Waals surface area contributed by atoms with Crippen molar-refractivity contribution in [2.75, 3.05) is 25.4 Å². The largest absolute Gasteiger partial charge is 0.396 e. The van der Waals surface area contributed by atoms with Crippen molar-refractivity contribution >= 4 is 28.7 Å². The predicted molar refractivity (Wildman–Crippen MR) is 80.6 cm³/mol. The van der Waals surface area contributed by atoms with Crippen LogP contribution in [0.5, 0.6) is 0 Å². The topological polar surface area (TPSA) is 116 Å². The van der Waals surface area contributed by atoms with E-state index in [1.54, 1.807) is 0 Å². The van der Waals surface area contributed by atoms with Gasteiger partial charge in [0.15, 0.2) is 5.12 Å². The number of thioether (sulfide) groups is 1. The molecule has 8 heteroatoms. The van der Waals surface area contributed by atoms with E-state index >= 15 is 0 Å². The van der Waals surface area contributed by atoms with Gasteiger partial charge in [-0.1, -0.05) is 25.5 Å². The Balaban J connectivity index is 4.76. The first-order chi connectivity index (χ1) is 12.2.